The Hall–Kier alpha value is -3.59. The molecule has 0 atom stereocenters. The summed E-state index contributed by atoms with van der Waals surface area (Å²) in [7, 11) is 1.52. The van der Waals surface area contributed by atoms with Gasteiger partial charge in [0.15, 0.2) is 0 Å². The summed E-state index contributed by atoms with van der Waals surface area (Å²) in [6.45, 7) is -0.0497. The highest BCUT2D eigenvalue weighted by atomic mass is 35.5. The Balaban J connectivity index is 1.52. The van der Waals surface area contributed by atoms with E-state index in [0.29, 0.717) is 33.7 Å². The van der Waals surface area contributed by atoms with Gasteiger partial charge >= 0.3 is 6.18 Å². The fourth-order valence-electron chi connectivity index (χ4n) is 2.99. The van der Waals surface area contributed by atoms with E-state index in [9.17, 15) is 13.2 Å². The van der Waals surface area contributed by atoms with Gasteiger partial charge in [0.25, 0.3) is 0 Å². The van der Waals surface area contributed by atoms with E-state index in [1.165, 1.54) is 13.2 Å². The molecule has 3 aromatic heterocycles. The van der Waals surface area contributed by atoms with Gasteiger partial charge in [-0.1, -0.05) is 11.6 Å². The van der Waals surface area contributed by atoms with Crippen molar-refractivity contribution in [2.45, 2.75) is 12.8 Å². The Morgan fingerprint density at radius 3 is 2.56 bits per heavy atom. The van der Waals surface area contributed by atoms with Gasteiger partial charge < -0.3 is 14.5 Å². The van der Waals surface area contributed by atoms with Gasteiger partial charge in [0.1, 0.15) is 34.8 Å². The van der Waals surface area contributed by atoms with Crippen LogP contribution in [0, 0.1) is 0 Å². The quantitative estimate of drug-likeness (QED) is 0.368. The molecule has 0 aliphatic carbocycles. The second kappa shape index (κ2) is 8.88. The summed E-state index contributed by atoms with van der Waals surface area (Å²) in [4.78, 5) is 15.0. The fourth-order valence-corrected chi connectivity index (χ4v) is 3.10. The monoisotopic (exact) mass is 460 g/mol. The number of hydrogen-bond acceptors (Lipinski definition) is 5. The van der Waals surface area contributed by atoms with E-state index in [0.717, 1.165) is 23.4 Å². The molecule has 164 valence electrons. The molecule has 0 bridgehead atoms. The predicted molar refractivity (Wildman–Crippen MR) is 112 cm³/mol. The zero-order valence-corrected chi connectivity index (χ0v) is 17.4. The molecule has 0 saturated carbocycles. The van der Waals surface area contributed by atoms with Crippen molar-refractivity contribution >= 4 is 11.6 Å². The molecule has 0 radical (unpaired) electrons. The summed E-state index contributed by atoms with van der Waals surface area (Å²) >= 11 is 5.82. The van der Waals surface area contributed by atoms with Gasteiger partial charge in [-0.05, 0) is 42.0 Å². The first-order valence-corrected chi connectivity index (χ1v) is 9.71. The van der Waals surface area contributed by atoms with Crippen LogP contribution in [0.15, 0.2) is 61.1 Å². The lowest BCUT2D eigenvalue weighted by Crippen LogP contribution is -2.09. The lowest BCUT2D eigenvalue weighted by atomic mass is 10.1. The Kier molecular flexibility index (Phi) is 6.00. The summed E-state index contributed by atoms with van der Waals surface area (Å²) in [5, 5.41) is 0.388. The van der Waals surface area contributed by atoms with Crippen molar-refractivity contribution < 1.29 is 22.6 Å². The SMILES string of the molecule is COc1cc(OCc2ccnc(C(F)(F)F)c2)ccc1-c1cnc(-c2ccc(Cl)nc2)[nH]1. The highest BCUT2D eigenvalue weighted by Crippen LogP contribution is 2.34. The van der Waals surface area contributed by atoms with Crippen LogP contribution in [0.5, 0.6) is 11.5 Å². The van der Waals surface area contributed by atoms with E-state index < -0.39 is 11.9 Å². The molecule has 4 aromatic rings. The van der Waals surface area contributed by atoms with Gasteiger partial charge in [-0.25, -0.2) is 9.97 Å². The molecule has 0 saturated heterocycles. The molecule has 0 fully saturated rings. The van der Waals surface area contributed by atoms with Crippen LogP contribution < -0.4 is 9.47 Å². The molecule has 0 unspecified atom stereocenters. The van der Waals surface area contributed by atoms with E-state index in [2.05, 4.69) is 19.9 Å². The minimum atomic E-state index is -4.51. The Morgan fingerprint density at radius 1 is 1.00 bits per heavy atom. The minimum absolute atomic E-state index is 0.0497. The number of aromatic nitrogens is 4. The standard InChI is InChI=1S/C22H16ClF3N4O2/c1-31-18-9-15(32-12-13-6-7-27-19(8-13)22(24,25)26)3-4-16(18)17-11-29-21(30-17)14-2-5-20(23)28-10-14/h2-11H,12H2,1H3,(H,29,30). The maximum Gasteiger partial charge on any atom is 0.433 e. The second-order valence-electron chi connectivity index (χ2n) is 6.71. The number of aromatic amines is 1. The van der Waals surface area contributed by atoms with Crippen LogP contribution in [0.1, 0.15) is 11.3 Å². The first-order chi connectivity index (χ1) is 15.3. The third-order valence-corrected chi connectivity index (χ3v) is 4.78. The number of nitrogens with zero attached hydrogens (tertiary/aromatic N) is 3. The molecule has 10 heteroatoms. The minimum Gasteiger partial charge on any atom is -0.496 e. The molecular weight excluding hydrogens is 445 g/mol. The number of rotatable bonds is 6. The second-order valence-corrected chi connectivity index (χ2v) is 7.10. The van der Waals surface area contributed by atoms with Crippen LogP contribution in [0.4, 0.5) is 13.2 Å². The average molecular weight is 461 g/mol. The van der Waals surface area contributed by atoms with Crippen molar-refractivity contribution in [3.8, 4) is 34.1 Å². The largest absolute Gasteiger partial charge is 0.496 e. The molecule has 3 heterocycles. The normalized spacial score (nSPS) is 11.4. The number of ether oxygens (including phenoxy) is 2. The smallest absolute Gasteiger partial charge is 0.433 e. The summed E-state index contributed by atoms with van der Waals surface area (Å²) in [5.41, 5.74) is 1.61. The van der Waals surface area contributed by atoms with Gasteiger partial charge in [-0.2, -0.15) is 13.2 Å². The predicted octanol–water partition coefficient (Wildman–Crippen LogP) is 5.79. The molecular formula is C22H16ClF3N4O2. The topological polar surface area (TPSA) is 72.9 Å². The van der Waals surface area contributed by atoms with Crippen molar-refractivity contribution in [2.24, 2.45) is 0 Å². The van der Waals surface area contributed by atoms with E-state index in [1.807, 2.05) is 0 Å². The Labute approximate surface area is 186 Å². The van der Waals surface area contributed by atoms with E-state index in [-0.39, 0.29) is 6.61 Å². The summed E-state index contributed by atoms with van der Waals surface area (Å²) in [6.07, 6.45) is -0.122. The van der Waals surface area contributed by atoms with Crippen molar-refractivity contribution in [2.75, 3.05) is 7.11 Å². The van der Waals surface area contributed by atoms with E-state index in [4.69, 9.17) is 21.1 Å². The van der Waals surface area contributed by atoms with Crippen LogP contribution >= 0.6 is 11.6 Å². The number of methoxy groups -OCH3 is 1. The number of alkyl halides is 3. The summed E-state index contributed by atoms with van der Waals surface area (Å²) < 4.78 is 49.6. The maximum absolute atomic E-state index is 12.8. The number of nitrogens with one attached hydrogen (secondary N) is 1. The lowest BCUT2D eigenvalue weighted by Gasteiger charge is -2.12. The number of pyridine rings is 2. The van der Waals surface area contributed by atoms with Crippen molar-refractivity contribution in [1.82, 2.24) is 19.9 Å². The first kappa shape index (κ1) is 21.6. The van der Waals surface area contributed by atoms with Gasteiger partial charge in [-0.15, -0.1) is 0 Å². The number of benzene rings is 1. The average Bonchev–Trinajstić information content (AvgIpc) is 3.27. The van der Waals surface area contributed by atoms with Gasteiger partial charge in [-0.3, -0.25) is 4.98 Å². The maximum atomic E-state index is 12.8. The van der Waals surface area contributed by atoms with Crippen LogP contribution in [-0.2, 0) is 12.8 Å². The zero-order chi connectivity index (χ0) is 22.7. The van der Waals surface area contributed by atoms with Crippen molar-refractivity contribution in [3.63, 3.8) is 0 Å². The molecule has 0 amide bonds. The Bertz CT molecular complexity index is 1230. The summed E-state index contributed by atoms with van der Waals surface area (Å²) in [6, 6.07) is 11.0. The molecule has 1 N–H and O–H groups in total. The van der Waals surface area contributed by atoms with E-state index in [1.54, 1.807) is 42.7 Å². The van der Waals surface area contributed by atoms with Gasteiger partial charge in [0.05, 0.1) is 19.0 Å². The molecule has 4 rings (SSSR count). The molecule has 0 spiro atoms. The van der Waals surface area contributed by atoms with Crippen LogP contribution in [0.2, 0.25) is 5.15 Å². The van der Waals surface area contributed by atoms with E-state index >= 15 is 0 Å². The molecule has 32 heavy (non-hydrogen) atoms. The molecule has 6 nitrogen and oxygen atoms in total. The molecule has 0 aliphatic rings. The van der Waals surface area contributed by atoms with Crippen LogP contribution in [0.25, 0.3) is 22.6 Å². The highest BCUT2D eigenvalue weighted by molar-refractivity contribution is 6.29. The fraction of sp³-hybridized carbons (Fsp3) is 0.136. The lowest BCUT2D eigenvalue weighted by molar-refractivity contribution is -0.141. The van der Waals surface area contributed by atoms with Gasteiger partial charge in [0.2, 0.25) is 0 Å². The first-order valence-electron chi connectivity index (χ1n) is 9.34. The van der Waals surface area contributed by atoms with Crippen molar-refractivity contribution in [3.05, 3.63) is 77.5 Å². The number of hydrogen-bond donors (Lipinski definition) is 1. The highest BCUT2D eigenvalue weighted by Gasteiger charge is 2.32. The van der Waals surface area contributed by atoms with Crippen LogP contribution in [0.3, 0.4) is 0 Å². The number of imidazole rings is 1. The number of H-pyrrole nitrogens is 1. The molecule has 0 aliphatic heterocycles. The van der Waals surface area contributed by atoms with Crippen molar-refractivity contribution in [1.29, 1.82) is 0 Å². The van der Waals surface area contributed by atoms with Gasteiger partial charge in [0, 0.05) is 29.6 Å². The molecule has 1 aromatic carbocycles. The third-order valence-electron chi connectivity index (χ3n) is 4.56. The zero-order valence-electron chi connectivity index (χ0n) is 16.7. The summed E-state index contributed by atoms with van der Waals surface area (Å²) in [5.74, 6) is 1.57. The third kappa shape index (κ3) is 4.83. The Morgan fingerprint density at radius 2 is 1.84 bits per heavy atom. The van der Waals surface area contributed by atoms with Crippen LogP contribution in [-0.4, -0.2) is 27.0 Å². The number of halogens is 4.